The van der Waals surface area contributed by atoms with E-state index in [1.165, 1.54) is 3.57 Å². The van der Waals surface area contributed by atoms with Gasteiger partial charge >= 0.3 is 0 Å². The van der Waals surface area contributed by atoms with Crippen molar-refractivity contribution in [2.75, 3.05) is 0 Å². The van der Waals surface area contributed by atoms with E-state index >= 15 is 0 Å². The number of rotatable bonds is 0. The molecule has 0 aliphatic heterocycles. The molecule has 0 fully saturated rings. The van der Waals surface area contributed by atoms with Gasteiger partial charge in [-0.3, -0.25) is 0 Å². The molecule has 1 aromatic rings. The lowest BCUT2D eigenvalue weighted by Crippen LogP contribution is -1.74. The highest BCUT2D eigenvalue weighted by atomic mass is 127. The fourth-order valence-corrected chi connectivity index (χ4v) is 3.57. The van der Waals surface area contributed by atoms with E-state index in [-0.39, 0.29) is 0 Å². The smallest absolute Gasteiger partial charge is 0.0275 e. The summed E-state index contributed by atoms with van der Waals surface area (Å²) in [6, 6.07) is 7.22. The van der Waals surface area contributed by atoms with Crippen LogP contribution >= 0.6 is 61.1 Å². The van der Waals surface area contributed by atoms with Crippen LogP contribution in [0.1, 0.15) is 0 Å². The van der Waals surface area contributed by atoms with Gasteiger partial charge in [0, 0.05) is 17.7 Å². The largest absolute Gasteiger partial charge is 0.0501 e. The summed E-state index contributed by atoms with van der Waals surface area (Å²) in [6.45, 7) is 0. The van der Waals surface area contributed by atoms with Crippen molar-refractivity contribution in [3.63, 3.8) is 0 Å². The van der Waals surface area contributed by atoms with Crippen LogP contribution in [0, 0.1) is 13.2 Å². The molecule has 0 saturated heterocycles. The van der Waals surface area contributed by atoms with Crippen LogP contribution in [0.15, 0.2) is 16.6 Å². The lowest BCUT2D eigenvalue weighted by atomic mass is 10.4. The topological polar surface area (TPSA) is 0 Å². The molecule has 3 heteroatoms. The molecule has 9 heavy (non-hydrogen) atoms. The average molecular weight is 408 g/mol. The fraction of sp³-hybridized carbons (Fsp3) is 0. The van der Waals surface area contributed by atoms with E-state index in [1.54, 1.807) is 0 Å². The van der Waals surface area contributed by atoms with Crippen molar-refractivity contribution >= 4 is 61.1 Å². The standard InChI is InChI=1S/C6H2BrI2/c7-4-1-5(8)3-6(9)2-4/h1,3H. The van der Waals surface area contributed by atoms with Gasteiger partial charge in [0.15, 0.2) is 0 Å². The molecular formula is C6H2BrI2. The summed E-state index contributed by atoms with van der Waals surface area (Å²) in [4.78, 5) is 0. The Kier molecular flexibility index (Phi) is 3.23. The number of benzene rings is 1. The maximum absolute atomic E-state index is 3.35. The van der Waals surface area contributed by atoms with Gasteiger partial charge < -0.3 is 0 Å². The van der Waals surface area contributed by atoms with E-state index in [9.17, 15) is 0 Å². The molecule has 0 unspecified atom stereocenters. The Morgan fingerprint density at radius 1 is 1.33 bits per heavy atom. The molecule has 0 bridgehead atoms. The summed E-state index contributed by atoms with van der Waals surface area (Å²) in [5, 5.41) is 0. The second kappa shape index (κ2) is 3.52. The van der Waals surface area contributed by atoms with Crippen LogP contribution in [0.5, 0.6) is 0 Å². The number of hydrogen-bond donors (Lipinski definition) is 0. The molecule has 0 atom stereocenters. The first-order valence-electron chi connectivity index (χ1n) is 2.22. The normalized spacial score (nSPS) is 9.67. The third-order valence-corrected chi connectivity index (χ3v) is 2.40. The van der Waals surface area contributed by atoms with Gasteiger partial charge in [0.05, 0.1) is 0 Å². The second-order valence-corrected chi connectivity index (χ2v) is 4.76. The van der Waals surface area contributed by atoms with Gasteiger partial charge in [-0.1, -0.05) is 15.9 Å². The van der Waals surface area contributed by atoms with Crippen molar-refractivity contribution in [1.29, 1.82) is 0 Å². The van der Waals surface area contributed by atoms with Crippen LogP contribution in [0.3, 0.4) is 0 Å². The second-order valence-electron chi connectivity index (χ2n) is 1.49. The lowest BCUT2D eigenvalue weighted by molar-refractivity contribution is 1.53. The Bertz CT molecular complexity index is 172. The van der Waals surface area contributed by atoms with Crippen LogP contribution in [0.4, 0.5) is 0 Å². The minimum absolute atomic E-state index is 1.03. The first-order valence-corrected chi connectivity index (χ1v) is 5.17. The third-order valence-electron chi connectivity index (χ3n) is 0.768. The maximum atomic E-state index is 3.35. The molecule has 0 amide bonds. The molecule has 1 rings (SSSR count). The Morgan fingerprint density at radius 3 is 2.44 bits per heavy atom. The molecule has 0 heterocycles. The van der Waals surface area contributed by atoms with Crippen molar-refractivity contribution < 1.29 is 0 Å². The predicted molar refractivity (Wildman–Crippen MR) is 58.4 cm³/mol. The van der Waals surface area contributed by atoms with Crippen LogP contribution in [-0.2, 0) is 0 Å². The summed E-state index contributed by atoms with van der Waals surface area (Å²) in [5.41, 5.74) is 0. The first kappa shape index (κ1) is 8.26. The lowest BCUT2D eigenvalue weighted by Gasteiger charge is -1.92. The van der Waals surface area contributed by atoms with Gasteiger partial charge in [-0.25, -0.2) is 0 Å². The third kappa shape index (κ3) is 2.71. The molecule has 0 aromatic heterocycles. The van der Waals surface area contributed by atoms with Crippen LogP contribution < -0.4 is 0 Å². The van der Waals surface area contributed by atoms with Crippen LogP contribution in [0.25, 0.3) is 0 Å². The zero-order valence-electron chi connectivity index (χ0n) is 4.29. The first-order chi connectivity index (χ1) is 4.18. The quantitative estimate of drug-likeness (QED) is 0.578. The molecule has 0 nitrogen and oxygen atoms in total. The summed E-state index contributed by atoms with van der Waals surface area (Å²) < 4.78 is 3.41. The minimum Gasteiger partial charge on any atom is -0.0501 e. The van der Waals surface area contributed by atoms with Crippen molar-refractivity contribution in [1.82, 2.24) is 0 Å². The molecule has 0 aliphatic carbocycles. The van der Waals surface area contributed by atoms with E-state index in [1.807, 2.05) is 6.07 Å². The van der Waals surface area contributed by atoms with Crippen molar-refractivity contribution in [2.24, 2.45) is 0 Å². The molecular weight excluding hydrogens is 406 g/mol. The van der Waals surface area contributed by atoms with Crippen molar-refractivity contribution in [3.05, 3.63) is 29.8 Å². The fourth-order valence-electron chi connectivity index (χ4n) is 0.470. The molecule has 0 aliphatic rings. The molecule has 1 aromatic carbocycles. The molecule has 1 radical (unpaired) electrons. The van der Waals surface area contributed by atoms with Gasteiger partial charge in [0.25, 0.3) is 0 Å². The maximum Gasteiger partial charge on any atom is 0.0275 e. The van der Waals surface area contributed by atoms with Gasteiger partial charge in [-0.15, -0.1) is 0 Å². The van der Waals surface area contributed by atoms with Gasteiger partial charge in [0.2, 0.25) is 0 Å². The molecule has 0 N–H and O–H groups in total. The summed E-state index contributed by atoms with van der Waals surface area (Å²) in [5.74, 6) is 0. The summed E-state index contributed by atoms with van der Waals surface area (Å²) in [7, 11) is 0. The van der Waals surface area contributed by atoms with E-state index in [0.717, 1.165) is 8.04 Å². The monoisotopic (exact) mass is 407 g/mol. The Labute approximate surface area is 89.8 Å². The van der Waals surface area contributed by atoms with Gasteiger partial charge in [0.1, 0.15) is 0 Å². The number of hydrogen-bond acceptors (Lipinski definition) is 0. The Morgan fingerprint density at radius 2 is 2.00 bits per heavy atom. The average Bonchev–Trinajstić information content (AvgIpc) is 1.59. The predicted octanol–water partition coefficient (Wildman–Crippen LogP) is 3.46. The highest BCUT2D eigenvalue weighted by Gasteiger charge is 1.92. The van der Waals surface area contributed by atoms with Gasteiger partial charge in [-0.05, 0) is 57.3 Å². The van der Waals surface area contributed by atoms with E-state index in [4.69, 9.17) is 0 Å². The van der Waals surface area contributed by atoms with Crippen LogP contribution in [-0.4, -0.2) is 0 Å². The minimum atomic E-state index is 1.03. The zero-order chi connectivity index (χ0) is 6.85. The van der Waals surface area contributed by atoms with Crippen molar-refractivity contribution in [2.45, 2.75) is 0 Å². The van der Waals surface area contributed by atoms with Gasteiger partial charge in [-0.2, -0.15) is 0 Å². The van der Waals surface area contributed by atoms with Crippen molar-refractivity contribution in [3.8, 4) is 0 Å². The molecule has 0 saturated carbocycles. The summed E-state index contributed by atoms with van der Waals surface area (Å²) in [6.07, 6.45) is 0. The van der Waals surface area contributed by atoms with E-state index < -0.39 is 0 Å². The molecule has 47 valence electrons. The highest BCUT2D eigenvalue weighted by Crippen LogP contribution is 2.17. The SMILES string of the molecule is Brc1[c]c(I)cc(I)c1. The molecule has 0 spiro atoms. The van der Waals surface area contributed by atoms with Crippen LogP contribution in [0.2, 0.25) is 0 Å². The van der Waals surface area contributed by atoms with E-state index in [2.05, 4.69) is 73.2 Å². The van der Waals surface area contributed by atoms with E-state index in [0.29, 0.717) is 0 Å². The Hall–Kier alpha value is 1.16. The number of halogens is 3. The summed E-state index contributed by atoms with van der Waals surface area (Å²) >= 11 is 7.86. The zero-order valence-corrected chi connectivity index (χ0v) is 10.2. The highest BCUT2D eigenvalue weighted by molar-refractivity contribution is 14.1. The Balaban J connectivity index is 3.17.